The van der Waals surface area contributed by atoms with Gasteiger partial charge >= 0.3 is 0 Å². The lowest BCUT2D eigenvalue weighted by Crippen LogP contribution is -2.39. The maximum absolute atomic E-state index is 11.4. The van der Waals surface area contributed by atoms with Gasteiger partial charge in [0, 0.05) is 25.3 Å². The molecule has 3 N–H and O–H groups in total. The lowest BCUT2D eigenvalue weighted by Gasteiger charge is -2.25. The van der Waals surface area contributed by atoms with Gasteiger partial charge in [-0.2, -0.15) is 0 Å². The number of hydrogen-bond acceptors (Lipinski definition) is 3. The Morgan fingerprint density at radius 1 is 1.35 bits per heavy atom. The Bertz CT molecular complexity index is 359. The first-order chi connectivity index (χ1) is 8.02. The van der Waals surface area contributed by atoms with Gasteiger partial charge in [0.1, 0.15) is 0 Å². The van der Waals surface area contributed by atoms with E-state index in [9.17, 15) is 4.79 Å². The largest absolute Gasteiger partial charge is 0.399 e. The quantitative estimate of drug-likeness (QED) is 0.755. The summed E-state index contributed by atoms with van der Waals surface area (Å²) in [7, 11) is 1.66. The first-order valence-electron chi connectivity index (χ1n) is 5.82. The molecular weight excluding hydrogens is 214 g/mol. The summed E-state index contributed by atoms with van der Waals surface area (Å²) < 4.78 is 0. The number of carbonyl (C=O) groups is 1. The van der Waals surface area contributed by atoms with Crippen LogP contribution in [0.1, 0.15) is 19.4 Å². The molecule has 94 valence electrons. The third-order valence-electron chi connectivity index (χ3n) is 2.72. The van der Waals surface area contributed by atoms with E-state index in [0.717, 1.165) is 17.8 Å². The maximum atomic E-state index is 11.4. The number of anilines is 1. The van der Waals surface area contributed by atoms with Gasteiger partial charge in [-0.3, -0.25) is 9.69 Å². The Morgan fingerprint density at radius 3 is 2.41 bits per heavy atom. The second-order valence-corrected chi connectivity index (χ2v) is 4.41. The molecule has 1 aromatic rings. The molecule has 0 saturated carbocycles. The lowest BCUT2D eigenvalue weighted by molar-refractivity contribution is -0.122. The Morgan fingerprint density at radius 2 is 1.94 bits per heavy atom. The maximum Gasteiger partial charge on any atom is 0.233 e. The van der Waals surface area contributed by atoms with Crippen LogP contribution in [0.2, 0.25) is 0 Å². The van der Waals surface area contributed by atoms with Crippen molar-refractivity contribution in [2.45, 2.75) is 26.4 Å². The molecular formula is C13H21N3O. The summed E-state index contributed by atoms with van der Waals surface area (Å²) in [6, 6.07) is 8.08. The van der Waals surface area contributed by atoms with Crippen molar-refractivity contribution < 1.29 is 4.79 Å². The Labute approximate surface area is 103 Å². The van der Waals surface area contributed by atoms with Crippen LogP contribution < -0.4 is 11.1 Å². The normalized spacial score (nSPS) is 10.9. The third kappa shape index (κ3) is 4.44. The second-order valence-electron chi connectivity index (χ2n) is 4.41. The third-order valence-corrected chi connectivity index (χ3v) is 2.72. The van der Waals surface area contributed by atoms with Crippen LogP contribution >= 0.6 is 0 Å². The van der Waals surface area contributed by atoms with Crippen molar-refractivity contribution in [2.75, 3.05) is 19.3 Å². The highest BCUT2D eigenvalue weighted by atomic mass is 16.1. The first-order valence-corrected chi connectivity index (χ1v) is 5.82. The number of nitrogen functional groups attached to an aromatic ring is 1. The zero-order valence-electron chi connectivity index (χ0n) is 10.7. The van der Waals surface area contributed by atoms with Crippen LogP contribution in [0.25, 0.3) is 0 Å². The van der Waals surface area contributed by atoms with E-state index in [2.05, 4.69) is 24.1 Å². The van der Waals surface area contributed by atoms with Gasteiger partial charge in [0.25, 0.3) is 0 Å². The molecule has 1 rings (SSSR count). The number of benzene rings is 1. The molecule has 17 heavy (non-hydrogen) atoms. The smallest absolute Gasteiger partial charge is 0.233 e. The minimum absolute atomic E-state index is 0.0362. The molecule has 0 fully saturated rings. The average molecular weight is 235 g/mol. The van der Waals surface area contributed by atoms with E-state index in [1.54, 1.807) is 7.05 Å². The van der Waals surface area contributed by atoms with Crippen molar-refractivity contribution in [1.82, 2.24) is 10.2 Å². The van der Waals surface area contributed by atoms with Crippen LogP contribution in [-0.2, 0) is 11.3 Å². The van der Waals surface area contributed by atoms with Gasteiger partial charge < -0.3 is 11.1 Å². The Hall–Kier alpha value is -1.55. The second kappa shape index (κ2) is 6.25. The number of nitrogens with zero attached hydrogens (tertiary/aromatic N) is 1. The zero-order chi connectivity index (χ0) is 12.8. The summed E-state index contributed by atoms with van der Waals surface area (Å²) in [5.74, 6) is 0.0362. The van der Waals surface area contributed by atoms with E-state index in [1.165, 1.54) is 0 Å². The van der Waals surface area contributed by atoms with Crippen molar-refractivity contribution >= 4 is 11.6 Å². The van der Waals surface area contributed by atoms with Crippen LogP contribution in [-0.4, -0.2) is 30.4 Å². The van der Waals surface area contributed by atoms with Crippen molar-refractivity contribution in [3.63, 3.8) is 0 Å². The van der Waals surface area contributed by atoms with Crippen molar-refractivity contribution in [2.24, 2.45) is 0 Å². The SMILES string of the molecule is CNC(=O)CN(Cc1ccc(N)cc1)C(C)C. The first kappa shape index (κ1) is 13.5. The number of carbonyl (C=O) groups excluding carboxylic acids is 1. The Kier molecular flexibility index (Phi) is 4.97. The zero-order valence-corrected chi connectivity index (χ0v) is 10.7. The molecule has 4 nitrogen and oxygen atoms in total. The van der Waals surface area contributed by atoms with Gasteiger partial charge in [-0.05, 0) is 31.5 Å². The molecule has 0 saturated heterocycles. The van der Waals surface area contributed by atoms with Gasteiger partial charge in [-0.1, -0.05) is 12.1 Å². The molecule has 0 bridgehead atoms. The van der Waals surface area contributed by atoms with E-state index in [-0.39, 0.29) is 5.91 Å². The number of rotatable bonds is 5. The molecule has 4 heteroatoms. The minimum atomic E-state index is 0.0362. The molecule has 0 spiro atoms. The molecule has 0 radical (unpaired) electrons. The average Bonchev–Trinajstić information content (AvgIpc) is 2.30. The predicted octanol–water partition coefficient (Wildman–Crippen LogP) is 1.23. The van der Waals surface area contributed by atoms with Crippen LogP contribution in [0.4, 0.5) is 5.69 Å². The van der Waals surface area contributed by atoms with Crippen LogP contribution in [0.3, 0.4) is 0 Å². The van der Waals surface area contributed by atoms with E-state index >= 15 is 0 Å². The molecule has 1 amide bonds. The molecule has 0 aromatic heterocycles. The standard InChI is InChI=1S/C13H21N3O/c1-10(2)16(9-13(17)15-3)8-11-4-6-12(14)7-5-11/h4-7,10H,8-9,14H2,1-3H3,(H,15,17). The fourth-order valence-corrected chi connectivity index (χ4v) is 1.54. The summed E-state index contributed by atoms with van der Waals surface area (Å²) in [6.45, 7) is 5.34. The molecule has 1 aromatic carbocycles. The van der Waals surface area contributed by atoms with Crippen LogP contribution in [0.15, 0.2) is 24.3 Å². The van der Waals surface area contributed by atoms with Crippen molar-refractivity contribution in [3.05, 3.63) is 29.8 Å². The number of amides is 1. The topological polar surface area (TPSA) is 58.4 Å². The number of hydrogen-bond donors (Lipinski definition) is 2. The molecule has 0 aliphatic carbocycles. The van der Waals surface area contributed by atoms with E-state index in [1.807, 2.05) is 24.3 Å². The molecule has 0 unspecified atom stereocenters. The van der Waals surface area contributed by atoms with Crippen molar-refractivity contribution in [1.29, 1.82) is 0 Å². The predicted molar refractivity (Wildman–Crippen MR) is 70.5 cm³/mol. The fraction of sp³-hybridized carbons (Fsp3) is 0.462. The van der Waals surface area contributed by atoms with Gasteiger partial charge in [0.15, 0.2) is 0 Å². The summed E-state index contributed by atoms with van der Waals surface area (Å²) in [5.41, 5.74) is 7.57. The molecule has 0 heterocycles. The molecule has 0 aliphatic rings. The minimum Gasteiger partial charge on any atom is -0.399 e. The van der Waals surface area contributed by atoms with Gasteiger partial charge in [-0.25, -0.2) is 0 Å². The fourth-order valence-electron chi connectivity index (χ4n) is 1.54. The van der Waals surface area contributed by atoms with Crippen LogP contribution in [0, 0.1) is 0 Å². The van der Waals surface area contributed by atoms with Crippen LogP contribution in [0.5, 0.6) is 0 Å². The number of likely N-dealkylation sites (N-methyl/N-ethyl adjacent to an activating group) is 1. The highest BCUT2D eigenvalue weighted by Gasteiger charge is 2.13. The highest BCUT2D eigenvalue weighted by Crippen LogP contribution is 2.10. The monoisotopic (exact) mass is 235 g/mol. The summed E-state index contributed by atoms with van der Waals surface area (Å²) in [6.07, 6.45) is 0. The van der Waals surface area contributed by atoms with E-state index in [4.69, 9.17) is 5.73 Å². The van der Waals surface area contributed by atoms with Gasteiger partial charge in [0.2, 0.25) is 5.91 Å². The number of nitrogens with one attached hydrogen (secondary N) is 1. The molecule has 0 atom stereocenters. The van der Waals surface area contributed by atoms with Gasteiger partial charge in [0.05, 0.1) is 6.54 Å². The van der Waals surface area contributed by atoms with E-state index < -0.39 is 0 Å². The highest BCUT2D eigenvalue weighted by molar-refractivity contribution is 5.77. The number of nitrogens with two attached hydrogens (primary N) is 1. The van der Waals surface area contributed by atoms with E-state index in [0.29, 0.717) is 12.6 Å². The lowest BCUT2D eigenvalue weighted by atomic mass is 10.1. The summed E-state index contributed by atoms with van der Waals surface area (Å²) in [4.78, 5) is 13.5. The molecule has 0 aliphatic heterocycles. The van der Waals surface area contributed by atoms with Gasteiger partial charge in [-0.15, -0.1) is 0 Å². The van der Waals surface area contributed by atoms with Crippen molar-refractivity contribution in [3.8, 4) is 0 Å². The summed E-state index contributed by atoms with van der Waals surface area (Å²) in [5, 5.41) is 2.64. The Balaban J connectivity index is 2.66. The summed E-state index contributed by atoms with van der Waals surface area (Å²) >= 11 is 0.